The predicted molar refractivity (Wildman–Crippen MR) is 88.3 cm³/mol. The second-order valence-corrected chi connectivity index (χ2v) is 5.88. The van der Waals surface area contributed by atoms with Crippen molar-refractivity contribution in [3.05, 3.63) is 58.7 Å². The number of hydrogen-bond acceptors (Lipinski definition) is 5. The van der Waals surface area contributed by atoms with E-state index in [2.05, 4.69) is 20.5 Å². The molecule has 3 rings (SSSR count). The van der Waals surface area contributed by atoms with Crippen molar-refractivity contribution in [2.75, 3.05) is 0 Å². The Morgan fingerprint density at radius 1 is 1.19 bits per heavy atom. The number of hydroxylamine groups is 1. The topological polar surface area (TPSA) is 81.4 Å². The minimum Gasteiger partial charge on any atom is -0.272 e. The van der Waals surface area contributed by atoms with E-state index in [1.165, 1.54) is 0 Å². The number of fused-ring (bicyclic) bond motifs is 1. The molecule has 0 saturated carbocycles. The first-order valence-electron chi connectivity index (χ1n) is 8.00. The van der Waals surface area contributed by atoms with Crippen molar-refractivity contribution in [1.29, 1.82) is 0 Å². The van der Waals surface area contributed by atoms with Gasteiger partial charge >= 0.3 is 6.18 Å². The maximum absolute atomic E-state index is 12.8. The smallest absolute Gasteiger partial charge is 0.272 e. The minimum atomic E-state index is -4.67. The number of carbonyl (C=O) groups excluding carboxylic acids is 1. The molecule has 0 aliphatic rings. The van der Waals surface area contributed by atoms with Gasteiger partial charge in [0.05, 0.1) is 13.0 Å². The first-order chi connectivity index (χ1) is 12.8. The Bertz CT molecular complexity index is 970. The van der Waals surface area contributed by atoms with Gasteiger partial charge in [0, 0.05) is 17.0 Å². The molecule has 0 spiro atoms. The Morgan fingerprint density at radius 2 is 1.89 bits per heavy atom. The van der Waals surface area contributed by atoms with Gasteiger partial charge in [-0.3, -0.25) is 9.63 Å². The molecule has 3 aromatic rings. The van der Waals surface area contributed by atoms with E-state index < -0.39 is 17.9 Å². The largest absolute Gasteiger partial charge is 0.453 e. The monoisotopic (exact) mass is 379 g/mol. The number of rotatable bonds is 5. The number of carbonyl (C=O) groups is 1. The van der Waals surface area contributed by atoms with E-state index in [0.29, 0.717) is 17.0 Å². The van der Waals surface area contributed by atoms with E-state index in [1.54, 1.807) is 13.8 Å². The summed E-state index contributed by atoms with van der Waals surface area (Å²) >= 11 is 0. The Balaban J connectivity index is 1.73. The van der Waals surface area contributed by atoms with Crippen molar-refractivity contribution < 1.29 is 22.8 Å². The summed E-state index contributed by atoms with van der Waals surface area (Å²) in [6.07, 6.45) is -4.78. The van der Waals surface area contributed by atoms with Crippen molar-refractivity contribution in [3.63, 3.8) is 0 Å². The number of aromatic nitrogens is 4. The zero-order chi connectivity index (χ0) is 19.6. The molecule has 2 heterocycles. The zero-order valence-electron chi connectivity index (χ0n) is 14.5. The summed E-state index contributed by atoms with van der Waals surface area (Å²) in [6.45, 7) is 3.35. The number of aryl methyl sites for hydroxylation is 2. The van der Waals surface area contributed by atoms with Gasteiger partial charge in [-0.2, -0.15) is 18.2 Å². The molecular formula is C17H16F3N5O2. The lowest BCUT2D eigenvalue weighted by Crippen LogP contribution is -2.26. The molecule has 142 valence electrons. The van der Waals surface area contributed by atoms with Crippen LogP contribution < -0.4 is 5.48 Å². The number of halogens is 3. The van der Waals surface area contributed by atoms with E-state index in [0.717, 1.165) is 10.1 Å². The van der Waals surface area contributed by atoms with Gasteiger partial charge in [-0.05, 0) is 19.4 Å². The van der Waals surface area contributed by atoms with Crippen LogP contribution in [0.4, 0.5) is 13.2 Å². The summed E-state index contributed by atoms with van der Waals surface area (Å²) in [6, 6.07) is 9.26. The second-order valence-electron chi connectivity index (χ2n) is 5.88. The molecule has 0 bridgehead atoms. The lowest BCUT2D eigenvalue weighted by atomic mass is 10.1. The van der Waals surface area contributed by atoms with Crippen molar-refractivity contribution in [1.82, 2.24) is 25.1 Å². The molecule has 0 aliphatic carbocycles. The SMILES string of the molecule is Cc1nc2nc(C(F)(F)F)nn2c(C)c1CC(=O)NOCc1ccccc1. The van der Waals surface area contributed by atoms with Crippen LogP contribution in [0.15, 0.2) is 30.3 Å². The van der Waals surface area contributed by atoms with Gasteiger partial charge in [0.15, 0.2) is 0 Å². The van der Waals surface area contributed by atoms with E-state index in [4.69, 9.17) is 4.84 Å². The Labute approximate surface area is 152 Å². The average molecular weight is 379 g/mol. The summed E-state index contributed by atoms with van der Waals surface area (Å²) in [5, 5.41) is 3.45. The fourth-order valence-corrected chi connectivity index (χ4v) is 2.56. The van der Waals surface area contributed by atoms with Gasteiger partial charge in [0.1, 0.15) is 0 Å². The fourth-order valence-electron chi connectivity index (χ4n) is 2.56. The van der Waals surface area contributed by atoms with Gasteiger partial charge in [0.25, 0.3) is 11.6 Å². The van der Waals surface area contributed by atoms with Crippen LogP contribution in [-0.4, -0.2) is 25.5 Å². The van der Waals surface area contributed by atoms with Crippen LogP contribution in [0.2, 0.25) is 0 Å². The van der Waals surface area contributed by atoms with Crippen molar-refractivity contribution in [3.8, 4) is 0 Å². The molecular weight excluding hydrogens is 363 g/mol. The average Bonchev–Trinajstić information content (AvgIpc) is 3.04. The van der Waals surface area contributed by atoms with Gasteiger partial charge in [-0.1, -0.05) is 30.3 Å². The van der Waals surface area contributed by atoms with Crippen LogP contribution in [0.1, 0.15) is 28.3 Å². The molecule has 0 radical (unpaired) electrons. The Kier molecular flexibility index (Phi) is 5.08. The normalized spacial score (nSPS) is 11.7. The van der Waals surface area contributed by atoms with E-state index in [1.807, 2.05) is 30.3 Å². The van der Waals surface area contributed by atoms with Crippen LogP contribution >= 0.6 is 0 Å². The highest BCUT2D eigenvalue weighted by Gasteiger charge is 2.37. The molecule has 1 aromatic carbocycles. The molecule has 27 heavy (non-hydrogen) atoms. The molecule has 1 amide bonds. The van der Waals surface area contributed by atoms with Crippen LogP contribution in [0.5, 0.6) is 0 Å². The first kappa shape index (κ1) is 18.8. The molecule has 0 atom stereocenters. The summed E-state index contributed by atoms with van der Waals surface area (Å²) < 4.78 is 39.4. The van der Waals surface area contributed by atoms with Gasteiger partial charge in [-0.25, -0.2) is 15.0 Å². The molecule has 7 nitrogen and oxygen atoms in total. The summed E-state index contributed by atoms with van der Waals surface area (Å²) in [4.78, 5) is 24.7. The van der Waals surface area contributed by atoms with E-state index in [9.17, 15) is 18.0 Å². The third-order valence-electron chi connectivity index (χ3n) is 3.91. The predicted octanol–water partition coefficient (Wildman–Crippen LogP) is 2.55. The van der Waals surface area contributed by atoms with E-state index in [-0.39, 0.29) is 18.8 Å². The number of amides is 1. The summed E-state index contributed by atoms with van der Waals surface area (Å²) in [7, 11) is 0. The number of nitrogens with zero attached hydrogens (tertiary/aromatic N) is 4. The highest BCUT2D eigenvalue weighted by atomic mass is 19.4. The highest BCUT2D eigenvalue weighted by Crippen LogP contribution is 2.27. The van der Waals surface area contributed by atoms with Crippen LogP contribution in [0.25, 0.3) is 5.78 Å². The molecule has 0 unspecified atom stereocenters. The lowest BCUT2D eigenvalue weighted by molar-refractivity contribution is -0.144. The number of benzene rings is 1. The van der Waals surface area contributed by atoms with Gasteiger partial charge < -0.3 is 0 Å². The number of hydrogen-bond donors (Lipinski definition) is 1. The zero-order valence-corrected chi connectivity index (χ0v) is 14.5. The fraction of sp³-hybridized carbons (Fsp3) is 0.294. The second kappa shape index (κ2) is 7.31. The molecule has 0 aliphatic heterocycles. The molecule has 0 fully saturated rings. The molecule has 0 saturated heterocycles. The maximum atomic E-state index is 12.8. The minimum absolute atomic E-state index is 0.114. The Morgan fingerprint density at radius 3 is 2.56 bits per heavy atom. The maximum Gasteiger partial charge on any atom is 0.453 e. The number of alkyl halides is 3. The van der Waals surface area contributed by atoms with Crippen LogP contribution in [0.3, 0.4) is 0 Å². The third kappa shape index (κ3) is 4.22. The first-order valence-corrected chi connectivity index (χ1v) is 8.00. The lowest BCUT2D eigenvalue weighted by Gasteiger charge is -2.10. The highest BCUT2D eigenvalue weighted by molar-refractivity contribution is 5.78. The van der Waals surface area contributed by atoms with Gasteiger partial charge in [0.2, 0.25) is 5.91 Å². The summed E-state index contributed by atoms with van der Waals surface area (Å²) in [5.74, 6) is -1.89. The standard InChI is InChI=1S/C17H16F3N5O2/c1-10-13(8-14(26)24-27-9-12-6-4-3-5-7-12)11(2)25-16(21-10)22-15(23-25)17(18,19)20/h3-7H,8-9H2,1-2H3,(H,24,26). The van der Waals surface area contributed by atoms with Crippen LogP contribution in [-0.2, 0) is 28.8 Å². The molecule has 10 heteroatoms. The van der Waals surface area contributed by atoms with Crippen LogP contribution in [0, 0.1) is 13.8 Å². The quantitative estimate of drug-likeness (QED) is 0.689. The number of nitrogens with one attached hydrogen (secondary N) is 1. The van der Waals surface area contributed by atoms with Crippen molar-refractivity contribution >= 4 is 11.7 Å². The summed E-state index contributed by atoms with van der Waals surface area (Å²) in [5.41, 5.74) is 4.43. The van der Waals surface area contributed by atoms with E-state index >= 15 is 0 Å². The Hall–Kier alpha value is -3.01. The van der Waals surface area contributed by atoms with Crippen molar-refractivity contribution in [2.45, 2.75) is 33.1 Å². The van der Waals surface area contributed by atoms with Gasteiger partial charge in [-0.15, -0.1) is 5.10 Å². The van der Waals surface area contributed by atoms with Crippen molar-refractivity contribution in [2.24, 2.45) is 0 Å². The molecule has 2 aromatic heterocycles. The molecule has 1 N–H and O–H groups in total. The third-order valence-corrected chi connectivity index (χ3v) is 3.91.